The van der Waals surface area contributed by atoms with Crippen LogP contribution in [0.5, 0.6) is 0 Å². The molecule has 0 amide bonds. The van der Waals surface area contributed by atoms with Gasteiger partial charge in [0.25, 0.3) is 0 Å². The molecule has 0 aromatic heterocycles. The predicted molar refractivity (Wildman–Crippen MR) is 0 cm³/mol. The summed E-state index contributed by atoms with van der Waals surface area (Å²) >= 11 is 0. The normalized spacial score (nSPS) is 0. The van der Waals surface area contributed by atoms with Crippen molar-refractivity contribution >= 4 is 0 Å². The van der Waals surface area contributed by atoms with E-state index in [1.54, 1.807) is 0 Å². The van der Waals surface area contributed by atoms with Crippen LogP contribution in [-0.2, 0) is 575 Å². The van der Waals surface area contributed by atoms with Crippen molar-refractivity contribution in [2.75, 3.05) is 0 Å². The first-order valence-electron chi connectivity index (χ1n) is 0. The van der Waals surface area contributed by atoms with Gasteiger partial charge in [-0.3, -0.25) is 0 Å². The molecule has 155 valence electrons. The molecular weight excluding hydrogens is 1580 g/mol. The van der Waals surface area contributed by atoms with Gasteiger partial charge in [-0.05, 0) is 0 Å². The molecule has 0 bridgehead atoms. The topological polar surface area (TPSA) is 0 Å². The van der Waals surface area contributed by atoms with Crippen molar-refractivity contribution in [3.05, 3.63) is 0 Å². The fraction of sp³-hybridized carbons (Fsp3) is 0. The van der Waals surface area contributed by atoms with E-state index in [4.69, 9.17) is 0 Å². The van der Waals surface area contributed by atoms with Crippen LogP contribution >= 0.6 is 0 Å². The summed E-state index contributed by atoms with van der Waals surface area (Å²) in [6.07, 6.45) is 0. The molecule has 0 N–H and O–H groups in total. The van der Waals surface area contributed by atoms with Gasteiger partial charge in [0.2, 0.25) is 0 Å². The molecule has 0 fully saturated rings. The molecule has 0 nitrogen and oxygen atoms in total. The summed E-state index contributed by atoms with van der Waals surface area (Å²) in [6.45, 7) is 0. The SMILES string of the molecule is [V].[V].[V].[V].[V].[V].[V].[V].[V].[V].[V].[V].[V].[V].[V].[V].[V].[V].[V].[V].[V].[V].[V].[V].[V].[V].[V].[V].[V].[V].[V]. The molecule has 31 heteroatoms. The van der Waals surface area contributed by atoms with Crippen LogP contribution in [0.2, 0.25) is 0 Å². The number of hydrogen-bond acceptors (Lipinski definition) is 0. The van der Waals surface area contributed by atoms with E-state index in [-0.39, 0.29) is 575 Å². The van der Waals surface area contributed by atoms with Crippen molar-refractivity contribution in [1.82, 2.24) is 0 Å². The summed E-state index contributed by atoms with van der Waals surface area (Å²) in [5, 5.41) is 0. The Hall–Kier alpha value is 18.1. The molecule has 31 heavy (non-hydrogen) atoms. The van der Waals surface area contributed by atoms with E-state index in [0.29, 0.717) is 0 Å². The zero-order valence-corrected chi connectivity index (χ0v) is 57.2. The smallest absolute Gasteiger partial charge is 0 e. The zero-order chi connectivity index (χ0) is 0. The molecule has 0 spiro atoms. The number of rotatable bonds is 0. The van der Waals surface area contributed by atoms with Gasteiger partial charge in [-0.1, -0.05) is 0 Å². The average Bonchev–Trinajstić information content (AvgIpc) is 0. The summed E-state index contributed by atoms with van der Waals surface area (Å²) < 4.78 is 0. The molecule has 0 saturated carbocycles. The van der Waals surface area contributed by atoms with Crippen LogP contribution in [0.3, 0.4) is 0 Å². The number of hydrogen-bond donors (Lipinski definition) is 0. The van der Waals surface area contributed by atoms with Crippen LogP contribution in [0, 0.1) is 0 Å². The Kier molecular flexibility index (Phi) is 3640. The Morgan fingerprint density at radius 3 is 0.0323 bits per heavy atom. The fourth-order valence-electron chi connectivity index (χ4n) is 0. The molecule has 0 unspecified atom stereocenters. The van der Waals surface area contributed by atoms with Crippen molar-refractivity contribution in [2.45, 2.75) is 0 Å². The van der Waals surface area contributed by atoms with Gasteiger partial charge in [-0.2, -0.15) is 0 Å². The van der Waals surface area contributed by atoms with Crippen LogP contribution in [-0.4, -0.2) is 0 Å². The third-order valence-corrected chi connectivity index (χ3v) is 0. The molecule has 0 saturated heterocycles. The van der Waals surface area contributed by atoms with Gasteiger partial charge in [0.15, 0.2) is 0 Å². The van der Waals surface area contributed by atoms with Gasteiger partial charge < -0.3 is 0 Å². The molecule has 31 radical (unpaired) electrons. The average molecular weight is 1580 g/mol. The molecular formula is V31. The van der Waals surface area contributed by atoms with E-state index in [9.17, 15) is 0 Å². The van der Waals surface area contributed by atoms with Gasteiger partial charge >= 0.3 is 0 Å². The van der Waals surface area contributed by atoms with Crippen LogP contribution in [0.4, 0.5) is 0 Å². The molecule has 0 rings (SSSR count). The summed E-state index contributed by atoms with van der Waals surface area (Å²) in [7, 11) is 0. The standard InChI is InChI=1S/31V. The summed E-state index contributed by atoms with van der Waals surface area (Å²) in [4.78, 5) is 0. The molecule has 0 aromatic carbocycles. The van der Waals surface area contributed by atoms with E-state index in [1.165, 1.54) is 0 Å². The maximum Gasteiger partial charge on any atom is 0 e. The molecule has 0 atom stereocenters. The second kappa shape index (κ2) is 325. The Morgan fingerprint density at radius 1 is 0.0323 bits per heavy atom. The predicted octanol–water partition coefficient (Wildman–Crippen LogP) is -0.0775. The Bertz CT molecular complexity index is 0. The van der Waals surface area contributed by atoms with Gasteiger partial charge in [0, 0.05) is 575 Å². The third-order valence-electron chi connectivity index (χ3n) is 0. The summed E-state index contributed by atoms with van der Waals surface area (Å²) in [5.41, 5.74) is 0. The monoisotopic (exact) mass is 1580 g/mol. The van der Waals surface area contributed by atoms with Crippen LogP contribution < -0.4 is 0 Å². The Morgan fingerprint density at radius 2 is 0.0323 bits per heavy atom. The van der Waals surface area contributed by atoms with Crippen molar-refractivity contribution in [2.24, 2.45) is 0 Å². The first kappa shape index (κ1) is 346. The van der Waals surface area contributed by atoms with E-state index >= 15 is 0 Å². The maximum atomic E-state index is 0. The van der Waals surface area contributed by atoms with Crippen molar-refractivity contribution in [3.8, 4) is 0 Å². The Balaban J connectivity index is 0. The zero-order valence-electron chi connectivity index (χ0n) is 13.9. The first-order chi connectivity index (χ1) is 0. The third kappa shape index (κ3) is 312. The first-order valence-corrected chi connectivity index (χ1v) is 0. The van der Waals surface area contributed by atoms with Gasteiger partial charge in [-0.25, -0.2) is 0 Å². The summed E-state index contributed by atoms with van der Waals surface area (Å²) in [6, 6.07) is 0. The van der Waals surface area contributed by atoms with Crippen molar-refractivity contribution in [3.63, 3.8) is 0 Å². The summed E-state index contributed by atoms with van der Waals surface area (Å²) in [5.74, 6) is 0. The Labute approximate surface area is 560 Å². The van der Waals surface area contributed by atoms with Crippen LogP contribution in [0.25, 0.3) is 0 Å². The minimum Gasteiger partial charge on any atom is 0 e. The second-order valence-electron chi connectivity index (χ2n) is 0. The van der Waals surface area contributed by atoms with E-state index in [1.807, 2.05) is 0 Å². The second-order valence-corrected chi connectivity index (χ2v) is 0. The quantitative estimate of drug-likeness (QED) is 0.319. The van der Waals surface area contributed by atoms with E-state index < -0.39 is 0 Å². The molecule has 0 heterocycles. The molecule has 0 aromatic rings. The minimum absolute atomic E-state index is 0. The van der Waals surface area contributed by atoms with Crippen molar-refractivity contribution < 1.29 is 575 Å². The molecule has 0 aliphatic carbocycles. The van der Waals surface area contributed by atoms with Gasteiger partial charge in [-0.15, -0.1) is 0 Å². The minimum atomic E-state index is 0. The van der Waals surface area contributed by atoms with Gasteiger partial charge in [0.1, 0.15) is 0 Å². The maximum absolute atomic E-state index is 0. The largest absolute Gasteiger partial charge is 0 e. The molecule has 0 aliphatic heterocycles. The van der Waals surface area contributed by atoms with Gasteiger partial charge in [0.05, 0.1) is 0 Å². The van der Waals surface area contributed by atoms with Crippen LogP contribution in [0.1, 0.15) is 0 Å². The fourth-order valence-corrected chi connectivity index (χ4v) is 0. The van der Waals surface area contributed by atoms with Crippen molar-refractivity contribution in [1.29, 1.82) is 0 Å². The van der Waals surface area contributed by atoms with E-state index in [0.717, 1.165) is 0 Å². The molecule has 0 aliphatic rings. The van der Waals surface area contributed by atoms with E-state index in [2.05, 4.69) is 0 Å². The van der Waals surface area contributed by atoms with Crippen LogP contribution in [0.15, 0.2) is 0 Å².